The highest BCUT2D eigenvalue weighted by Gasteiger charge is 2.32. The largest absolute Gasteiger partial charge is 0.496 e. The molecular formula is C37H46IN3O5S2. The number of halogens is 1. The maximum atomic E-state index is 14.4. The summed E-state index contributed by atoms with van der Waals surface area (Å²) >= 11 is 1.03. The Labute approximate surface area is 299 Å². The minimum Gasteiger partial charge on any atom is -0.496 e. The van der Waals surface area contributed by atoms with Crippen LogP contribution in [-0.2, 0) is 19.4 Å². The lowest BCUT2D eigenvalue weighted by Gasteiger charge is -2.35. The van der Waals surface area contributed by atoms with Gasteiger partial charge in [-0.25, -0.2) is 13.4 Å². The number of rotatable bonds is 11. The molecule has 3 aliphatic carbocycles. The van der Waals surface area contributed by atoms with Gasteiger partial charge in [0.05, 0.1) is 17.0 Å². The molecule has 0 bridgehead atoms. The Kier molecular flexibility index (Phi) is 11.4. The predicted octanol–water partition coefficient (Wildman–Crippen LogP) is 7.72. The first-order chi connectivity index (χ1) is 23.1. The Hall–Kier alpha value is -2.64. The second-order valence-corrected chi connectivity index (χ2v) is 19.6. The number of carbonyl (C=O) groups excluding carboxylic acids is 2. The molecule has 3 fully saturated rings. The molecule has 0 atom stereocenters. The molecule has 258 valence electrons. The van der Waals surface area contributed by atoms with Crippen LogP contribution in [0, 0.1) is 18.8 Å². The summed E-state index contributed by atoms with van der Waals surface area (Å²) < 4.78 is 32.6. The summed E-state index contributed by atoms with van der Waals surface area (Å²) in [5, 5.41) is 1.22. The molecule has 48 heavy (non-hydrogen) atoms. The lowest BCUT2D eigenvalue weighted by Crippen LogP contribution is -2.41. The highest BCUT2D eigenvalue weighted by atomic mass is 127. The standard InChI is InChI=1S/C37H46IN3O5S2/c1-24-19-29(15-18-33(24)46-2)26-9-7-25(8-10-26)22-41(32-6-4-5-30(20-32)34-21-39-36(47-34)27-11-12-27)37(43)28-13-16-31(17-14-28)38-40-35(42)23-48(3,44)45/h4-6,15,18-21,25-28H,7-14,16-17,22-23H2,1-3H3,(H,40,42). The van der Waals surface area contributed by atoms with Crippen LogP contribution in [0.4, 0.5) is 5.69 Å². The number of hydrogen-bond acceptors (Lipinski definition) is 7. The second kappa shape index (κ2) is 15.5. The summed E-state index contributed by atoms with van der Waals surface area (Å²) in [6, 6.07) is 15.0. The molecule has 3 saturated carbocycles. The molecule has 0 unspecified atom stereocenters. The molecule has 0 saturated heterocycles. The molecular weight excluding hydrogens is 757 g/mol. The number of nitrogens with one attached hydrogen (secondary N) is 1. The van der Waals surface area contributed by atoms with E-state index in [4.69, 9.17) is 9.72 Å². The SMILES string of the molecule is COc1ccc(C2CCC(CN(C(=O)C3CCC(=INC(=O)CS(C)(=O)=O)CC3)c3cccc(-c4cnc(C5CC5)s4)c3)CC2)cc1C. The molecule has 0 spiro atoms. The number of ether oxygens (including phenoxy) is 1. The Morgan fingerprint density at radius 2 is 1.73 bits per heavy atom. The van der Waals surface area contributed by atoms with Gasteiger partial charge < -0.3 is 13.2 Å². The summed E-state index contributed by atoms with van der Waals surface area (Å²) in [6.45, 7) is 2.82. The highest BCUT2D eigenvalue weighted by molar-refractivity contribution is 14.2. The third kappa shape index (κ3) is 9.12. The average molecular weight is 804 g/mol. The first-order valence-electron chi connectivity index (χ1n) is 17.0. The zero-order chi connectivity index (χ0) is 33.8. The van der Waals surface area contributed by atoms with E-state index < -0.39 is 42.5 Å². The van der Waals surface area contributed by atoms with Crippen molar-refractivity contribution in [2.45, 2.75) is 83.0 Å². The van der Waals surface area contributed by atoms with Gasteiger partial charge in [-0.15, -0.1) is 11.3 Å². The van der Waals surface area contributed by atoms with Gasteiger partial charge in [-0.05, 0) is 142 Å². The van der Waals surface area contributed by atoms with Crippen LogP contribution >= 0.6 is 32.3 Å². The van der Waals surface area contributed by atoms with Crippen molar-refractivity contribution >= 4 is 63.2 Å². The Morgan fingerprint density at radius 1 is 1.00 bits per heavy atom. The number of thiazole rings is 1. The van der Waals surface area contributed by atoms with Crippen molar-refractivity contribution in [3.05, 3.63) is 64.8 Å². The number of aromatic nitrogens is 1. The summed E-state index contributed by atoms with van der Waals surface area (Å²) in [6.07, 6.45) is 13.0. The number of aryl methyl sites for hydroxylation is 1. The van der Waals surface area contributed by atoms with Crippen LogP contribution in [0.5, 0.6) is 5.75 Å². The van der Waals surface area contributed by atoms with Gasteiger partial charge in [0, 0.05) is 36.5 Å². The quantitative estimate of drug-likeness (QED) is 0.157. The predicted molar refractivity (Wildman–Crippen MR) is 203 cm³/mol. The molecule has 3 aromatic rings. The third-order valence-electron chi connectivity index (χ3n) is 9.89. The zero-order valence-electron chi connectivity index (χ0n) is 28.0. The third-order valence-corrected chi connectivity index (χ3v) is 14.6. The van der Waals surface area contributed by atoms with E-state index in [9.17, 15) is 18.0 Å². The summed E-state index contributed by atoms with van der Waals surface area (Å²) in [7, 11) is -1.63. The lowest BCUT2D eigenvalue weighted by molar-refractivity contribution is -0.123. The van der Waals surface area contributed by atoms with E-state index in [-0.39, 0.29) is 11.8 Å². The number of amides is 2. The van der Waals surface area contributed by atoms with E-state index in [1.807, 2.05) is 6.20 Å². The van der Waals surface area contributed by atoms with Crippen molar-refractivity contribution < 1.29 is 22.7 Å². The summed E-state index contributed by atoms with van der Waals surface area (Å²) in [5.41, 5.74) is 4.63. The van der Waals surface area contributed by atoms with Crippen molar-refractivity contribution in [3.8, 4) is 16.2 Å². The minimum atomic E-state index is -3.35. The van der Waals surface area contributed by atoms with E-state index in [1.165, 1.54) is 32.5 Å². The van der Waals surface area contributed by atoms with Gasteiger partial charge in [0.15, 0.2) is 9.84 Å². The van der Waals surface area contributed by atoms with E-state index >= 15 is 0 Å². The van der Waals surface area contributed by atoms with Crippen LogP contribution < -0.4 is 13.2 Å². The Bertz CT molecular complexity index is 1770. The number of sulfone groups is 1. The molecule has 1 N–H and O–H groups in total. The first kappa shape index (κ1) is 35.2. The smallest absolute Gasteiger partial charge is 0.243 e. The molecule has 0 radical (unpaired) electrons. The molecule has 11 heteroatoms. The van der Waals surface area contributed by atoms with Crippen LogP contribution in [0.2, 0.25) is 0 Å². The van der Waals surface area contributed by atoms with Crippen molar-refractivity contribution in [2.24, 2.45) is 11.8 Å². The fourth-order valence-electron chi connectivity index (χ4n) is 7.06. The van der Waals surface area contributed by atoms with Gasteiger partial charge in [0.1, 0.15) is 11.5 Å². The first-order valence-corrected chi connectivity index (χ1v) is 22.1. The van der Waals surface area contributed by atoms with E-state index in [2.05, 4.69) is 57.8 Å². The monoisotopic (exact) mass is 803 g/mol. The van der Waals surface area contributed by atoms with Gasteiger partial charge >= 0.3 is 0 Å². The van der Waals surface area contributed by atoms with Crippen LogP contribution in [0.3, 0.4) is 0 Å². The number of methoxy groups -OCH3 is 1. The lowest BCUT2D eigenvalue weighted by atomic mass is 9.78. The second-order valence-electron chi connectivity index (χ2n) is 13.8. The maximum Gasteiger partial charge on any atom is 0.243 e. The number of carbonyl (C=O) groups is 2. The van der Waals surface area contributed by atoms with Crippen molar-refractivity contribution in [2.75, 3.05) is 30.6 Å². The van der Waals surface area contributed by atoms with Gasteiger partial charge in [-0.1, -0.05) is 24.3 Å². The van der Waals surface area contributed by atoms with Crippen molar-refractivity contribution in [3.63, 3.8) is 0 Å². The van der Waals surface area contributed by atoms with E-state index in [0.29, 0.717) is 24.3 Å². The normalized spacial score (nSPS) is 21.5. The summed E-state index contributed by atoms with van der Waals surface area (Å²) in [4.78, 5) is 34.4. The number of benzene rings is 2. The number of nitrogens with zero attached hydrogens (tertiary/aromatic N) is 2. The van der Waals surface area contributed by atoms with Gasteiger partial charge in [0.2, 0.25) is 11.8 Å². The van der Waals surface area contributed by atoms with E-state index in [1.54, 1.807) is 18.4 Å². The average Bonchev–Trinajstić information content (AvgIpc) is 3.81. The van der Waals surface area contributed by atoms with E-state index in [0.717, 1.165) is 79.5 Å². The Morgan fingerprint density at radius 3 is 2.40 bits per heavy atom. The highest BCUT2D eigenvalue weighted by Crippen LogP contribution is 2.44. The number of hydrogen-bond donors (Lipinski definition) is 1. The fraction of sp³-hybridized carbons (Fsp3) is 0.514. The molecule has 2 amide bonds. The maximum absolute atomic E-state index is 14.4. The molecule has 3 aliphatic rings. The van der Waals surface area contributed by atoms with Crippen molar-refractivity contribution in [1.82, 2.24) is 8.51 Å². The Balaban J connectivity index is 1.15. The number of anilines is 1. The van der Waals surface area contributed by atoms with Crippen LogP contribution in [0.15, 0.2) is 48.7 Å². The molecule has 0 aliphatic heterocycles. The van der Waals surface area contributed by atoms with Gasteiger partial charge in [0.25, 0.3) is 0 Å². The summed E-state index contributed by atoms with van der Waals surface area (Å²) in [5.74, 6) is 1.73. The van der Waals surface area contributed by atoms with Gasteiger partial charge in [-0.2, -0.15) is 0 Å². The molecule has 1 aromatic heterocycles. The van der Waals surface area contributed by atoms with Crippen LogP contribution in [-0.4, -0.2) is 54.4 Å². The van der Waals surface area contributed by atoms with Crippen molar-refractivity contribution in [1.29, 1.82) is 0 Å². The minimum absolute atomic E-state index is 0.0726. The molecule has 8 nitrogen and oxygen atoms in total. The molecule has 6 rings (SSSR count). The molecule has 2 aromatic carbocycles. The van der Waals surface area contributed by atoms with Gasteiger partial charge in [-0.3, -0.25) is 9.59 Å². The zero-order valence-corrected chi connectivity index (χ0v) is 31.8. The topological polar surface area (TPSA) is 106 Å². The fourth-order valence-corrected chi connectivity index (χ4v) is 11.0. The van der Waals surface area contributed by atoms with Crippen LogP contribution in [0.25, 0.3) is 10.4 Å². The van der Waals surface area contributed by atoms with Crippen LogP contribution in [0.1, 0.15) is 92.2 Å². The molecule has 1 heterocycles.